The number of nitrogens with one attached hydrogen (secondary N) is 1. The van der Waals surface area contributed by atoms with Crippen LogP contribution >= 0.6 is 0 Å². The first kappa shape index (κ1) is 16.6. The van der Waals surface area contributed by atoms with Crippen molar-refractivity contribution in [2.24, 2.45) is 0 Å². The first-order valence-corrected chi connectivity index (χ1v) is 7.56. The lowest BCUT2D eigenvalue weighted by Gasteiger charge is -2.05. The molecule has 0 spiro atoms. The van der Waals surface area contributed by atoms with Crippen LogP contribution in [0, 0.1) is 29.8 Å². The Morgan fingerprint density at radius 1 is 1.24 bits per heavy atom. The molecule has 1 N–H and O–H groups in total. The summed E-state index contributed by atoms with van der Waals surface area (Å²) >= 11 is 0. The number of benzene rings is 2. The van der Waals surface area contributed by atoms with Crippen molar-refractivity contribution >= 4 is 28.3 Å². The number of nitro benzene ring substituents is 1. The van der Waals surface area contributed by atoms with E-state index in [0.717, 1.165) is 28.6 Å². The molecule has 0 aliphatic rings. The van der Waals surface area contributed by atoms with Gasteiger partial charge in [-0.15, -0.1) is 0 Å². The number of nitrogens with zero attached hydrogens (tertiary/aromatic N) is 1. The molecule has 128 valence electrons. The van der Waals surface area contributed by atoms with Gasteiger partial charge in [0.05, 0.1) is 17.6 Å². The first-order valence-electron chi connectivity index (χ1n) is 7.56. The number of amides is 1. The Balaban J connectivity index is 1.80. The summed E-state index contributed by atoms with van der Waals surface area (Å²) in [5.74, 6) is -1.32. The van der Waals surface area contributed by atoms with Gasteiger partial charge < -0.3 is 9.73 Å². The van der Waals surface area contributed by atoms with Crippen LogP contribution in [0.3, 0.4) is 0 Å². The molecule has 0 saturated carbocycles. The molecule has 25 heavy (non-hydrogen) atoms. The van der Waals surface area contributed by atoms with E-state index in [1.165, 1.54) is 12.3 Å². The SMILES string of the molecule is Cc1cc2occ(CC(=O)Nc3ccc(F)c([N+](=O)[O-])c3)c2cc1C. The molecular weight excluding hydrogens is 327 g/mol. The molecule has 1 heterocycles. The van der Waals surface area contributed by atoms with E-state index >= 15 is 0 Å². The Hall–Kier alpha value is -3.22. The summed E-state index contributed by atoms with van der Waals surface area (Å²) in [7, 11) is 0. The quantitative estimate of drug-likeness (QED) is 0.566. The Morgan fingerprint density at radius 3 is 2.68 bits per heavy atom. The molecule has 0 bridgehead atoms. The van der Waals surface area contributed by atoms with Crippen LogP contribution in [-0.4, -0.2) is 10.8 Å². The molecule has 7 heteroatoms. The summed E-state index contributed by atoms with van der Waals surface area (Å²) < 4.78 is 18.8. The van der Waals surface area contributed by atoms with Gasteiger partial charge in [-0.05, 0) is 49.2 Å². The average molecular weight is 342 g/mol. The topological polar surface area (TPSA) is 85.4 Å². The maximum Gasteiger partial charge on any atom is 0.306 e. The van der Waals surface area contributed by atoms with Gasteiger partial charge in [0.2, 0.25) is 11.7 Å². The average Bonchev–Trinajstić information content (AvgIpc) is 2.91. The number of rotatable bonds is 4. The highest BCUT2D eigenvalue weighted by Gasteiger charge is 2.16. The Morgan fingerprint density at radius 2 is 1.96 bits per heavy atom. The van der Waals surface area contributed by atoms with Crippen LogP contribution in [0.4, 0.5) is 15.8 Å². The standard InChI is InChI=1S/C18H15FN2O4/c1-10-5-14-12(9-25-17(14)6-11(10)2)7-18(22)20-13-3-4-15(19)16(8-13)21(23)24/h3-6,8-9H,7H2,1-2H3,(H,20,22). The minimum absolute atomic E-state index is 0.0423. The van der Waals surface area contributed by atoms with Gasteiger partial charge in [-0.3, -0.25) is 14.9 Å². The third-order valence-corrected chi connectivity index (χ3v) is 4.05. The largest absolute Gasteiger partial charge is 0.464 e. The molecule has 0 aliphatic carbocycles. The zero-order valence-corrected chi connectivity index (χ0v) is 13.6. The summed E-state index contributed by atoms with van der Waals surface area (Å²) in [6, 6.07) is 7.09. The second-order valence-electron chi connectivity index (χ2n) is 5.84. The van der Waals surface area contributed by atoms with E-state index in [1.807, 2.05) is 26.0 Å². The van der Waals surface area contributed by atoms with Crippen LogP contribution in [0.25, 0.3) is 11.0 Å². The summed E-state index contributed by atoms with van der Waals surface area (Å²) in [4.78, 5) is 22.2. The molecule has 0 radical (unpaired) electrons. The molecule has 0 aliphatic heterocycles. The second-order valence-corrected chi connectivity index (χ2v) is 5.84. The second kappa shape index (κ2) is 6.35. The zero-order valence-electron chi connectivity index (χ0n) is 13.6. The van der Waals surface area contributed by atoms with Crippen molar-refractivity contribution in [2.75, 3.05) is 5.32 Å². The fourth-order valence-electron chi connectivity index (χ4n) is 2.58. The number of hydrogen-bond acceptors (Lipinski definition) is 4. The van der Waals surface area contributed by atoms with E-state index in [2.05, 4.69) is 5.32 Å². The molecule has 1 amide bonds. The highest BCUT2D eigenvalue weighted by atomic mass is 19.1. The van der Waals surface area contributed by atoms with Gasteiger partial charge in [0, 0.05) is 22.7 Å². The maximum absolute atomic E-state index is 13.3. The molecule has 0 fully saturated rings. The van der Waals surface area contributed by atoms with E-state index in [0.29, 0.717) is 11.1 Å². The minimum atomic E-state index is -0.949. The van der Waals surface area contributed by atoms with E-state index < -0.39 is 16.4 Å². The summed E-state index contributed by atoms with van der Waals surface area (Å²) in [6.45, 7) is 3.95. The number of aryl methyl sites for hydroxylation is 2. The smallest absolute Gasteiger partial charge is 0.306 e. The van der Waals surface area contributed by atoms with Crippen LogP contribution in [0.5, 0.6) is 0 Å². The Kier molecular flexibility index (Phi) is 4.22. The highest BCUT2D eigenvalue weighted by molar-refractivity contribution is 5.95. The molecule has 6 nitrogen and oxygen atoms in total. The summed E-state index contributed by atoms with van der Waals surface area (Å²) in [6.07, 6.45) is 1.57. The number of carbonyl (C=O) groups excluding carboxylic acids is 1. The number of anilines is 1. The molecule has 3 aromatic rings. The molecular formula is C18H15FN2O4. The highest BCUT2D eigenvalue weighted by Crippen LogP contribution is 2.26. The van der Waals surface area contributed by atoms with Gasteiger partial charge in [-0.1, -0.05) is 0 Å². The van der Waals surface area contributed by atoms with Crippen molar-refractivity contribution in [3.05, 3.63) is 69.2 Å². The molecule has 3 rings (SSSR count). The lowest BCUT2D eigenvalue weighted by atomic mass is 10.0. The number of hydrogen-bond donors (Lipinski definition) is 1. The Labute approximate surface area is 142 Å². The molecule has 0 atom stereocenters. The van der Waals surface area contributed by atoms with E-state index in [9.17, 15) is 19.3 Å². The number of nitro groups is 1. The number of fused-ring (bicyclic) bond motifs is 1. The predicted molar refractivity (Wildman–Crippen MR) is 91.1 cm³/mol. The Bertz CT molecular complexity index is 994. The van der Waals surface area contributed by atoms with Gasteiger partial charge in [-0.2, -0.15) is 4.39 Å². The first-order chi connectivity index (χ1) is 11.8. The third kappa shape index (κ3) is 3.35. The van der Waals surface area contributed by atoms with Crippen LogP contribution in [0.2, 0.25) is 0 Å². The van der Waals surface area contributed by atoms with Crippen molar-refractivity contribution < 1.29 is 18.5 Å². The van der Waals surface area contributed by atoms with E-state index in [-0.39, 0.29) is 18.0 Å². The van der Waals surface area contributed by atoms with Gasteiger partial charge in [0.25, 0.3) is 0 Å². The van der Waals surface area contributed by atoms with Gasteiger partial charge >= 0.3 is 5.69 Å². The van der Waals surface area contributed by atoms with Crippen LogP contribution < -0.4 is 5.32 Å². The fourth-order valence-corrected chi connectivity index (χ4v) is 2.58. The van der Waals surface area contributed by atoms with Crippen LogP contribution in [0.1, 0.15) is 16.7 Å². The number of carbonyl (C=O) groups is 1. The summed E-state index contributed by atoms with van der Waals surface area (Å²) in [5.41, 5.74) is 3.08. The van der Waals surface area contributed by atoms with Gasteiger partial charge in [-0.25, -0.2) is 0 Å². The van der Waals surface area contributed by atoms with Crippen molar-refractivity contribution in [3.8, 4) is 0 Å². The number of furan rings is 1. The molecule has 1 aromatic heterocycles. The maximum atomic E-state index is 13.3. The van der Waals surface area contributed by atoms with E-state index in [1.54, 1.807) is 0 Å². The minimum Gasteiger partial charge on any atom is -0.464 e. The lowest BCUT2D eigenvalue weighted by Crippen LogP contribution is -2.14. The fraction of sp³-hybridized carbons (Fsp3) is 0.167. The van der Waals surface area contributed by atoms with Crippen LogP contribution in [-0.2, 0) is 11.2 Å². The normalized spacial score (nSPS) is 10.8. The van der Waals surface area contributed by atoms with Crippen LogP contribution in [0.15, 0.2) is 41.0 Å². The molecule has 2 aromatic carbocycles. The zero-order chi connectivity index (χ0) is 18.1. The molecule has 0 saturated heterocycles. The van der Waals surface area contributed by atoms with Gasteiger partial charge in [0.1, 0.15) is 5.58 Å². The van der Waals surface area contributed by atoms with Crippen molar-refractivity contribution in [1.82, 2.24) is 0 Å². The third-order valence-electron chi connectivity index (χ3n) is 4.05. The lowest BCUT2D eigenvalue weighted by molar-refractivity contribution is -0.387. The van der Waals surface area contributed by atoms with Crippen molar-refractivity contribution in [3.63, 3.8) is 0 Å². The van der Waals surface area contributed by atoms with Crippen molar-refractivity contribution in [2.45, 2.75) is 20.3 Å². The number of halogens is 1. The van der Waals surface area contributed by atoms with Gasteiger partial charge in [0.15, 0.2) is 0 Å². The molecule has 0 unspecified atom stereocenters. The monoisotopic (exact) mass is 342 g/mol. The summed E-state index contributed by atoms with van der Waals surface area (Å²) in [5, 5.41) is 14.2. The van der Waals surface area contributed by atoms with Crippen molar-refractivity contribution in [1.29, 1.82) is 0 Å². The van der Waals surface area contributed by atoms with E-state index in [4.69, 9.17) is 4.42 Å². The predicted octanol–water partition coefficient (Wildman–Crippen LogP) is 4.28.